The first-order chi connectivity index (χ1) is 12.7. The average molecular weight is 349 g/mol. The van der Waals surface area contributed by atoms with E-state index >= 15 is 0 Å². The summed E-state index contributed by atoms with van der Waals surface area (Å²) >= 11 is 0. The second-order valence-electron chi connectivity index (χ2n) is 6.22. The van der Waals surface area contributed by atoms with Crippen LogP contribution in [0.1, 0.15) is 33.5 Å². The Balaban J connectivity index is 1.44. The Morgan fingerprint density at radius 2 is 2.00 bits per heavy atom. The molecule has 0 radical (unpaired) electrons. The third kappa shape index (κ3) is 3.44. The smallest absolute Gasteiger partial charge is 0.272 e. The molecule has 6 nitrogen and oxygen atoms in total. The summed E-state index contributed by atoms with van der Waals surface area (Å²) in [7, 11) is 0. The van der Waals surface area contributed by atoms with Gasteiger partial charge >= 0.3 is 0 Å². The number of amides is 1. The van der Waals surface area contributed by atoms with Gasteiger partial charge in [0, 0.05) is 18.7 Å². The number of hydrogen-bond acceptors (Lipinski definition) is 5. The molecule has 0 atom stereocenters. The minimum Gasteiger partial charge on any atom is -0.484 e. The van der Waals surface area contributed by atoms with Crippen LogP contribution >= 0.6 is 0 Å². The van der Waals surface area contributed by atoms with Crippen molar-refractivity contribution < 1.29 is 13.9 Å². The SMILES string of the molecule is Cc1cccc(C(=O)N2CCc3nc(COc4ccccc4)oc3C2)n1. The van der Waals surface area contributed by atoms with E-state index in [9.17, 15) is 4.79 Å². The number of carbonyl (C=O) groups is 1. The van der Waals surface area contributed by atoms with Crippen LogP contribution < -0.4 is 4.74 Å². The number of oxazole rings is 1. The molecule has 0 aliphatic carbocycles. The number of aromatic nitrogens is 2. The number of benzene rings is 1. The van der Waals surface area contributed by atoms with Crippen LogP contribution in [-0.4, -0.2) is 27.3 Å². The fourth-order valence-electron chi connectivity index (χ4n) is 2.97. The largest absolute Gasteiger partial charge is 0.484 e. The molecule has 3 aromatic rings. The van der Waals surface area contributed by atoms with Crippen molar-refractivity contribution in [3.05, 3.63) is 77.3 Å². The number of rotatable bonds is 4. The number of aryl methyl sites for hydroxylation is 1. The Morgan fingerprint density at radius 1 is 1.15 bits per heavy atom. The van der Waals surface area contributed by atoms with E-state index < -0.39 is 0 Å². The molecule has 3 heterocycles. The first-order valence-corrected chi connectivity index (χ1v) is 8.57. The molecule has 0 saturated carbocycles. The maximum absolute atomic E-state index is 12.7. The molecular weight excluding hydrogens is 330 g/mol. The number of nitrogens with zero attached hydrogens (tertiary/aromatic N) is 3. The maximum Gasteiger partial charge on any atom is 0.272 e. The molecule has 1 aliphatic rings. The van der Waals surface area contributed by atoms with Gasteiger partial charge in [0.2, 0.25) is 5.89 Å². The minimum atomic E-state index is -0.0853. The van der Waals surface area contributed by atoms with Gasteiger partial charge in [-0.05, 0) is 31.2 Å². The normalized spacial score (nSPS) is 13.3. The van der Waals surface area contributed by atoms with Gasteiger partial charge in [-0.2, -0.15) is 0 Å². The molecule has 0 bridgehead atoms. The lowest BCUT2D eigenvalue weighted by atomic mass is 10.1. The lowest BCUT2D eigenvalue weighted by Gasteiger charge is -2.24. The molecular formula is C20H19N3O3. The Morgan fingerprint density at radius 3 is 2.81 bits per heavy atom. The fraction of sp³-hybridized carbons (Fsp3) is 0.250. The summed E-state index contributed by atoms with van der Waals surface area (Å²) in [5.41, 5.74) is 2.19. The summed E-state index contributed by atoms with van der Waals surface area (Å²) in [6, 6.07) is 15.0. The highest BCUT2D eigenvalue weighted by molar-refractivity contribution is 5.92. The molecule has 4 rings (SSSR count). The van der Waals surface area contributed by atoms with Crippen LogP contribution in [-0.2, 0) is 19.6 Å². The molecule has 0 saturated heterocycles. The van der Waals surface area contributed by atoms with Gasteiger partial charge in [0.1, 0.15) is 17.2 Å². The fourth-order valence-corrected chi connectivity index (χ4v) is 2.97. The lowest BCUT2D eigenvalue weighted by Crippen LogP contribution is -2.36. The molecule has 26 heavy (non-hydrogen) atoms. The monoisotopic (exact) mass is 349 g/mol. The predicted molar refractivity (Wildman–Crippen MR) is 94.7 cm³/mol. The molecule has 1 amide bonds. The Bertz CT molecular complexity index is 921. The molecule has 0 spiro atoms. The van der Waals surface area contributed by atoms with Crippen LogP contribution in [0.2, 0.25) is 0 Å². The van der Waals surface area contributed by atoms with Crippen LogP contribution in [0.15, 0.2) is 52.9 Å². The van der Waals surface area contributed by atoms with Gasteiger partial charge in [0.25, 0.3) is 5.91 Å². The van der Waals surface area contributed by atoms with Gasteiger partial charge in [-0.25, -0.2) is 9.97 Å². The van der Waals surface area contributed by atoms with Crippen molar-refractivity contribution in [2.45, 2.75) is 26.5 Å². The first kappa shape index (κ1) is 16.3. The summed E-state index contributed by atoms with van der Waals surface area (Å²) in [5, 5.41) is 0. The Kier molecular flexibility index (Phi) is 4.39. The van der Waals surface area contributed by atoms with Crippen LogP contribution in [0.25, 0.3) is 0 Å². The van der Waals surface area contributed by atoms with Crippen molar-refractivity contribution in [1.82, 2.24) is 14.9 Å². The topological polar surface area (TPSA) is 68.5 Å². The van der Waals surface area contributed by atoms with E-state index in [0.29, 0.717) is 31.1 Å². The number of fused-ring (bicyclic) bond motifs is 1. The highest BCUT2D eigenvalue weighted by Gasteiger charge is 2.27. The molecule has 0 unspecified atom stereocenters. The number of para-hydroxylation sites is 1. The van der Waals surface area contributed by atoms with Crippen molar-refractivity contribution in [2.24, 2.45) is 0 Å². The van der Waals surface area contributed by atoms with Gasteiger partial charge in [-0.15, -0.1) is 0 Å². The third-order valence-electron chi connectivity index (χ3n) is 4.28. The second-order valence-corrected chi connectivity index (χ2v) is 6.22. The molecule has 2 aromatic heterocycles. The lowest BCUT2D eigenvalue weighted by molar-refractivity contribution is 0.0712. The molecule has 1 aliphatic heterocycles. The maximum atomic E-state index is 12.7. The van der Waals surface area contributed by atoms with Crippen molar-refractivity contribution >= 4 is 5.91 Å². The summed E-state index contributed by atoms with van der Waals surface area (Å²) in [5.74, 6) is 1.94. The van der Waals surface area contributed by atoms with Gasteiger partial charge in [0.05, 0.1) is 12.2 Å². The van der Waals surface area contributed by atoms with Crippen LogP contribution in [0, 0.1) is 6.92 Å². The van der Waals surface area contributed by atoms with E-state index in [-0.39, 0.29) is 12.5 Å². The van der Waals surface area contributed by atoms with Gasteiger partial charge in [-0.3, -0.25) is 4.79 Å². The minimum absolute atomic E-state index is 0.0853. The van der Waals surface area contributed by atoms with Crippen LogP contribution in [0.3, 0.4) is 0 Å². The second kappa shape index (κ2) is 7.00. The van der Waals surface area contributed by atoms with Gasteiger partial charge in [0.15, 0.2) is 6.61 Å². The summed E-state index contributed by atoms with van der Waals surface area (Å²) < 4.78 is 11.5. The molecule has 1 aromatic carbocycles. The Labute approximate surface area is 151 Å². The Hall–Kier alpha value is -3.15. The number of carbonyl (C=O) groups excluding carboxylic acids is 1. The molecule has 6 heteroatoms. The van der Waals surface area contributed by atoms with Crippen LogP contribution in [0.4, 0.5) is 0 Å². The van der Waals surface area contributed by atoms with Crippen molar-refractivity contribution in [2.75, 3.05) is 6.54 Å². The summed E-state index contributed by atoms with van der Waals surface area (Å²) in [6.45, 7) is 3.15. The van der Waals surface area contributed by atoms with E-state index in [4.69, 9.17) is 9.15 Å². The molecule has 0 N–H and O–H groups in total. The third-order valence-corrected chi connectivity index (χ3v) is 4.28. The standard InChI is InChI=1S/C20H19N3O3/c1-14-6-5-9-17(21-14)20(24)23-11-10-16-18(12-23)26-19(22-16)13-25-15-7-3-2-4-8-15/h2-9H,10-13H2,1H3. The predicted octanol–water partition coefficient (Wildman–Crippen LogP) is 3.16. The van der Waals surface area contributed by atoms with E-state index in [0.717, 1.165) is 22.9 Å². The molecule has 0 fully saturated rings. The number of ether oxygens (including phenoxy) is 1. The van der Waals surface area contributed by atoms with Crippen molar-refractivity contribution in [3.8, 4) is 5.75 Å². The molecule has 132 valence electrons. The zero-order valence-corrected chi connectivity index (χ0v) is 14.5. The quantitative estimate of drug-likeness (QED) is 0.724. The average Bonchev–Trinajstić information content (AvgIpc) is 3.08. The van der Waals surface area contributed by atoms with E-state index in [2.05, 4.69) is 9.97 Å². The first-order valence-electron chi connectivity index (χ1n) is 8.57. The zero-order chi connectivity index (χ0) is 17.9. The van der Waals surface area contributed by atoms with Gasteiger partial charge < -0.3 is 14.1 Å². The summed E-state index contributed by atoms with van der Waals surface area (Å²) in [4.78, 5) is 23.2. The highest BCUT2D eigenvalue weighted by Crippen LogP contribution is 2.22. The number of pyridine rings is 1. The van der Waals surface area contributed by atoms with Crippen LogP contribution in [0.5, 0.6) is 5.75 Å². The van der Waals surface area contributed by atoms with E-state index in [1.165, 1.54) is 0 Å². The highest BCUT2D eigenvalue weighted by atomic mass is 16.5. The van der Waals surface area contributed by atoms with E-state index in [1.54, 1.807) is 11.0 Å². The van der Waals surface area contributed by atoms with E-state index in [1.807, 2.05) is 49.4 Å². The van der Waals surface area contributed by atoms with Gasteiger partial charge in [-0.1, -0.05) is 24.3 Å². The van der Waals surface area contributed by atoms with Crippen molar-refractivity contribution in [1.29, 1.82) is 0 Å². The summed E-state index contributed by atoms with van der Waals surface area (Å²) in [6.07, 6.45) is 0.668. The zero-order valence-electron chi connectivity index (χ0n) is 14.5. The van der Waals surface area contributed by atoms with Crippen molar-refractivity contribution in [3.63, 3.8) is 0 Å². The number of hydrogen-bond donors (Lipinski definition) is 0.